The molecule has 0 aliphatic heterocycles. The highest BCUT2D eigenvalue weighted by atomic mass is 16.5. The first kappa shape index (κ1) is 25.3. The van der Waals surface area contributed by atoms with E-state index in [1.54, 1.807) is 0 Å². The van der Waals surface area contributed by atoms with E-state index < -0.39 is 0 Å². The van der Waals surface area contributed by atoms with E-state index in [2.05, 4.69) is 66.9 Å². The zero-order valence-electron chi connectivity index (χ0n) is 24.0. The summed E-state index contributed by atoms with van der Waals surface area (Å²) < 4.78 is 5.97. The van der Waals surface area contributed by atoms with Crippen molar-refractivity contribution in [1.29, 1.82) is 0 Å². The second kappa shape index (κ2) is 8.08. The molecule has 0 aromatic heterocycles. The van der Waals surface area contributed by atoms with Gasteiger partial charge in [-0.25, -0.2) is 0 Å². The summed E-state index contributed by atoms with van der Waals surface area (Å²) in [4.78, 5) is 0. The van der Waals surface area contributed by atoms with Gasteiger partial charge in [0.2, 0.25) is 0 Å². The summed E-state index contributed by atoms with van der Waals surface area (Å²) >= 11 is 0. The summed E-state index contributed by atoms with van der Waals surface area (Å²) in [6.07, 6.45) is 15.2. The molecule has 2 heteroatoms. The van der Waals surface area contributed by atoms with Gasteiger partial charge >= 0.3 is 0 Å². The van der Waals surface area contributed by atoms with Gasteiger partial charge in [-0.2, -0.15) is 0 Å². The Morgan fingerprint density at radius 3 is 2.32 bits per heavy atom. The van der Waals surface area contributed by atoms with Crippen molar-refractivity contribution in [2.45, 2.75) is 112 Å². The minimum atomic E-state index is 0.348. The van der Waals surface area contributed by atoms with E-state index in [4.69, 9.17) is 4.74 Å². The van der Waals surface area contributed by atoms with Crippen LogP contribution in [-0.4, -0.2) is 26.8 Å². The molecule has 0 radical (unpaired) electrons. The molecule has 4 fully saturated rings. The minimum absolute atomic E-state index is 0.348. The first-order valence-electron chi connectivity index (χ1n) is 14.8. The van der Waals surface area contributed by atoms with Crippen LogP contribution in [0.4, 0.5) is 0 Å². The molecule has 0 spiro atoms. The maximum Gasteiger partial charge on any atom is 0.0524 e. The third kappa shape index (κ3) is 3.06. The van der Waals surface area contributed by atoms with E-state index in [-0.39, 0.29) is 0 Å². The van der Waals surface area contributed by atoms with Crippen LogP contribution < -0.4 is 5.32 Å². The molecule has 2 nitrogen and oxygen atoms in total. The summed E-state index contributed by atoms with van der Waals surface area (Å²) in [5, 5.41) is 3.71. The first-order chi connectivity index (χ1) is 15.9. The molecular weight excluding hydrogens is 414 g/mol. The topological polar surface area (TPSA) is 21.3 Å². The normalized spacial score (nSPS) is 54.2. The first-order valence-corrected chi connectivity index (χ1v) is 14.8. The van der Waals surface area contributed by atoms with Crippen LogP contribution in [0.25, 0.3) is 0 Å². The molecule has 5 aliphatic carbocycles. The monoisotopic (exact) mass is 469 g/mol. The maximum atomic E-state index is 5.97. The Morgan fingerprint density at radius 1 is 0.912 bits per heavy atom. The van der Waals surface area contributed by atoms with Crippen molar-refractivity contribution in [2.75, 3.05) is 20.8 Å². The largest absolute Gasteiger partial charge is 0.384 e. The second-order valence-corrected chi connectivity index (χ2v) is 15.1. The van der Waals surface area contributed by atoms with Crippen LogP contribution in [0.15, 0.2) is 11.6 Å². The fourth-order valence-electron chi connectivity index (χ4n) is 11.7. The van der Waals surface area contributed by atoms with Gasteiger partial charge in [0, 0.05) is 18.6 Å². The molecule has 4 saturated carbocycles. The van der Waals surface area contributed by atoms with Gasteiger partial charge in [0.15, 0.2) is 0 Å². The van der Waals surface area contributed by atoms with Gasteiger partial charge in [-0.15, -0.1) is 0 Å². The van der Waals surface area contributed by atoms with Crippen LogP contribution in [0.1, 0.15) is 106 Å². The molecule has 0 aromatic rings. The van der Waals surface area contributed by atoms with Gasteiger partial charge in [-0.1, -0.05) is 60.1 Å². The van der Waals surface area contributed by atoms with Gasteiger partial charge in [-0.3, -0.25) is 0 Å². The van der Waals surface area contributed by atoms with E-state index in [0.29, 0.717) is 33.1 Å². The Labute approximate surface area is 211 Å². The highest BCUT2D eigenvalue weighted by molar-refractivity contribution is 5.34. The molecule has 5 aliphatic rings. The van der Waals surface area contributed by atoms with Gasteiger partial charge in [0.25, 0.3) is 0 Å². The predicted molar refractivity (Wildman–Crippen MR) is 144 cm³/mol. The summed E-state index contributed by atoms with van der Waals surface area (Å²) in [7, 11) is 4.14. The van der Waals surface area contributed by atoms with Gasteiger partial charge in [0.1, 0.15) is 0 Å². The molecule has 1 N–H and O–H groups in total. The van der Waals surface area contributed by atoms with E-state index in [1.165, 1.54) is 57.8 Å². The van der Waals surface area contributed by atoms with Crippen LogP contribution >= 0.6 is 0 Å². The molecule has 34 heavy (non-hydrogen) atoms. The number of ether oxygens (including phenoxy) is 1. The van der Waals surface area contributed by atoms with Crippen molar-refractivity contribution in [1.82, 2.24) is 5.32 Å². The molecule has 0 saturated heterocycles. The lowest BCUT2D eigenvalue weighted by atomic mass is 9.33. The Bertz CT molecular complexity index is 831. The second-order valence-electron chi connectivity index (χ2n) is 15.1. The average molecular weight is 470 g/mol. The van der Waals surface area contributed by atoms with Crippen LogP contribution in [0.2, 0.25) is 0 Å². The molecule has 0 amide bonds. The number of methoxy groups -OCH3 is 1. The van der Waals surface area contributed by atoms with Crippen molar-refractivity contribution >= 4 is 0 Å². The summed E-state index contributed by atoms with van der Waals surface area (Å²) in [6.45, 7) is 19.4. The quantitative estimate of drug-likeness (QED) is 0.424. The molecular formula is C32H55NO. The average Bonchev–Trinajstić information content (AvgIpc) is 2.77. The summed E-state index contributed by atoms with van der Waals surface area (Å²) in [6, 6.07) is 0.661. The van der Waals surface area contributed by atoms with Crippen molar-refractivity contribution in [2.24, 2.45) is 56.7 Å². The van der Waals surface area contributed by atoms with E-state index in [1.807, 2.05) is 12.7 Å². The lowest BCUT2D eigenvalue weighted by molar-refractivity contribution is -0.190. The lowest BCUT2D eigenvalue weighted by Gasteiger charge is -2.72. The number of fused-ring (bicyclic) bond motifs is 7. The molecule has 10 atom stereocenters. The van der Waals surface area contributed by atoms with Crippen LogP contribution in [0.5, 0.6) is 0 Å². The number of rotatable bonds is 3. The summed E-state index contributed by atoms with van der Waals surface area (Å²) in [5.41, 5.74) is 3.86. The standard InChI is InChI=1S/C32H55NO/c1-21-12-17-32(20-34-9)19-18-30(6)23(27(32)22(21)2)10-11-25-29(5)15-14-26(33-8)28(3,4)24(29)13-16-31(25,30)7/h10,21-22,24-27,33H,11-20H2,1-9H3/t21-,22+,24?,25?,26+,27?,29?,30-,31-,32-/m1/s1. The van der Waals surface area contributed by atoms with Crippen LogP contribution in [0, 0.1) is 56.7 Å². The smallest absolute Gasteiger partial charge is 0.0524 e. The molecule has 0 aromatic carbocycles. The number of nitrogens with one attached hydrogen (secondary N) is 1. The SMILES string of the molecule is CN[C@H]1CCC2(C)C(CC[C@]3(C)C2CC=C2C4[C@@H](C)[C@H](C)CC[C@]4(COC)CC[C@]23C)C1(C)C. The zero-order valence-corrected chi connectivity index (χ0v) is 24.0. The van der Waals surface area contributed by atoms with Gasteiger partial charge in [0.05, 0.1) is 6.61 Å². The van der Waals surface area contributed by atoms with Gasteiger partial charge in [-0.05, 0) is 116 Å². The molecule has 0 heterocycles. The third-order valence-electron chi connectivity index (χ3n) is 14.0. The lowest BCUT2D eigenvalue weighted by Crippen LogP contribution is -2.66. The highest BCUT2D eigenvalue weighted by Gasteiger charge is 2.68. The molecule has 4 unspecified atom stereocenters. The maximum absolute atomic E-state index is 5.97. The molecule has 194 valence electrons. The van der Waals surface area contributed by atoms with Crippen molar-refractivity contribution in [3.05, 3.63) is 11.6 Å². The highest BCUT2D eigenvalue weighted by Crippen LogP contribution is 2.75. The van der Waals surface area contributed by atoms with E-state index in [9.17, 15) is 0 Å². The van der Waals surface area contributed by atoms with E-state index >= 15 is 0 Å². The summed E-state index contributed by atoms with van der Waals surface area (Å²) in [5.74, 6) is 3.96. The molecule has 0 bridgehead atoms. The third-order valence-corrected chi connectivity index (χ3v) is 14.0. The number of hydrogen-bond acceptors (Lipinski definition) is 2. The van der Waals surface area contributed by atoms with Crippen LogP contribution in [0.3, 0.4) is 0 Å². The van der Waals surface area contributed by atoms with Crippen molar-refractivity contribution in [3.8, 4) is 0 Å². The Kier molecular flexibility index (Phi) is 6.01. The Morgan fingerprint density at radius 2 is 1.65 bits per heavy atom. The van der Waals surface area contributed by atoms with Gasteiger partial charge < -0.3 is 10.1 Å². The zero-order chi connectivity index (χ0) is 24.7. The number of hydrogen-bond donors (Lipinski definition) is 1. The fraction of sp³-hybridized carbons (Fsp3) is 0.938. The minimum Gasteiger partial charge on any atom is -0.384 e. The number of allylic oxidation sites excluding steroid dienone is 2. The Hall–Kier alpha value is -0.340. The van der Waals surface area contributed by atoms with Crippen molar-refractivity contribution in [3.63, 3.8) is 0 Å². The Balaban J connectivity index is 1.58. The fourth-order valence-corrected chi connectivity index (χ4v) is 11.7. The van der Waals surface area contributed by atoms with Crippen molar-refractivity contribution < 1.29 is 4.74 Å². The molecule has 5 rings (SSSR count). The van der Waals surface area contributed by atoms with E-state index in [0.717, 1.165) is 36.2 Å². The van der Waals surface area contributed by atoms with Crippen LogP contribution in [-0.2, 0) is 4.74 Å². The predicted octanol–water partition coefficient (Wildman–Crippen LogP) is 7.88.